The Morgan fingerprint density at radius 3 is 3.05 bits per heavy atom. The second-order valence-electron chi connectivity index (χ2n) is 4.14. The van der Waals surface area contributed by atoms with Gasteiger partial charge in [0.25, 0.3) is 0 Å². The van der Waals surface area contributed by atoms with Gasteiger partial charge in [-0.15, -0.1) is 6.58 Å². The summed E-state index contributed by atoms with van der Waals surface area (Å²) < 4.78 is 11.0. The molecule has 0 unspecified atom stereocenters. The zero-order valence-corrected chi connectivity index (χ0v) is 12.4. The monoisotopic (exact) mass is 299 g/mol. The van der Waals surface area contributed by atoms with Gasteiger partial charge in [-0.2, -0.15) is 11.8 Å². The lowest BCUT2D eigenvalue weighted by atomic mass is 10.2. The summed E-state index contributed by atoms with van der Waals surface area (Å²) >= 11 is 8.04. The zero-order chi connectivity index (χ0) is 13.5. The van der Waals surface area contributed by atoms with Crippen LogP contribution in [0.25, 0.3) is 0 Å². The van der Waals surface area contributed by atoms with Crippen LogP contribution in [0.1, 0.15) is 5.56 Å². The molecule has 1 aromatic carbocycles. The van der Waals surface area contributed by atoms with Crippen LogP contribution in [-0.4, -0.2) is 31.3 Å². The van der Waals surface area contributed by atoms with E-state index >= 15 is 0 Å². The van der Waals surface area contributed by atoms with Crippen LogP contribution in [0.3, 0.4) is 0 Å². The van der Waals surface area contributed by atoms with Crippen LogP contribution >= 0.6 is 23.4 Å². The van der Waals surface area contributed by atoms with E-state index in [9.17, 15) is 0 Å². The van der Waals surface area contributed by atoms with Crippen LogP contribution in [-0.2, 0) is 6.54 Å². The topological polar surface area (TPSA) is 30.5 Å². The summed E-state index contributed by atoms with van der Waals surface area (Å²) in [4.78, 5) is 0. The lowest BCUT2D eigenvalue weighted by Crippen LogP contribution is -2.18. The first-order valence-electron chi connectivity index (χ1n) is 6.28. The van der Waals surface area contributed by atoms with Crippen molar-refractivity contribution in [3.63, 3.8) is 0 Å². The normalized spacial score (nSPS) is 13.3. The molecule has 19 heavy (non-hydrogen) atoms. The quantitative estimate of drug-likeness (QED) is 0.619. The summed E-state index contributed by atoms with van der Waals surface area (Å²) in [5.74, 6) is 3.48. The van der Waals surface area contributed by atoms with E-state index in [1.807, 2.05) is 30.0 Å². The van der Waals surface area contributed by atoms with Crippen molar-refractivity contribution >= 4 is 23.4 Å². The van der Waals surface area contributed by atoms with Gasteiger partial charge < -0.3 is 14.8 Å². The van der Waals surface area contributed by atoms with Gasteiger partial charge in [0.1, 0.15) is 13.2 Å². The fraction of sp³-hybridized carbons (Fsp3) is 0.429. The van der Waals surface area contributed by atoms with E-state index in [1.54, 1.807) is 0 Å². The van der Waals surface area contributed by atoms with Crippen molar-refractivity contribution in [2.24, 2.45) is 0 Å². The van der Waals surface area contributed by atoms with E-state index in [1.165, 1.54) is 0 Å². The Morgan fingerprint density at radius 1 is 1.37 bits per heavy atom. The Kier molecular flexibility index (Phi) is 5.89. The van der Waals surface area contributed by atoms with Crippen LogP contribution in [0.15, 0.2) is 24.8 Å². The molecule has 0 aromatic heterocycles. The first kappa shape index (κ1) is 14.6. The molecule has 1 heterocycles. The maximum Gasteiger partial charge on any atom is 0.179 e. The van der Waals surface area contributed by atoms with Crippen molar-refractivity contribution in [2.75, 3.05) is 31.3 Å². The van der Waals surface area contributed by atoms with Crippen LogP contribution in [0.5, 0.6) is 11.5 Å². The second kappa shape index (κ2) is 7.68. The molecule has 0 atom stereocenters. The molecule has 1 aromatic rings. The predicted octanol–water partition coefficient (Wildman–Crippen LogP) is 3.12. The molecule has 0 saturated heterocycles. The molecule has 0 saturated carbocycles. The number of rotatable bonds is 7. The maximum atomic E-state index is 6.18. The van der Waals surface area contributed by atoms with E-state index in [-0.39, 0.29) is 0 Å². The summed E-state index contributed by atoms with van der Waals surface area (Å²) in [5.41, 5.74) is 1.11. The van der Waals surface area contributed by atoms with Crippen molar-refractivity contribution < 1.29 is 9.47 Å². The molecule has 3 nitrogen and oxygen atoms in total. The smallest absolute Gasteiger partial charge is 0.179 e. The number of halogens is 1. The van der Waals surface area contributed by atoms with Crippen LogP contribution < -0.4 is 14.8 Å². The number of ether oxygens (including phenoxy) is 2. The van der Waals surface area contributed by atoms with Gasteiger partial charge in [0.05, 0.1) is 5.02 Å². The third kappa shape index (κ3) is 4.34. The van der Waals surface area contributed by atoms with Crippen LogP contribution in [0.2, 0.25) is 5.02 Å². The molecule has 0 fully saturated rings. The third-order valence-corrected chi connectivity index (χ3v) is 3.89. The second-order valence-corrected chi connectivity index (χ2v) is 5.70. The SMILES string of the molecule is C=CCSCCNCc1cc(Cl)c2c(c1)OCCO2. The van der Waals surface area contributed by atoms with E-state index in [0.29, 0.717) is 24.0 Å². The molecule has 5 heteroatoms. The van der Waals surface area contributed by atoms with Gasteiger partial charge in [-0.05, 0) is 17.7 Å². The molecule has 0 bridgehead atoms. The largest absolute Gasteiger partial charge is 0.486 e. The van der Waals surface area contributed by atoms with Gasteiger partial charge in [-0.3, -0.25) is 0 Å². The molecule has 2 rings (SSSR count). The number of hydrogen-bond donors (Lipinski definition) is 1. The first-order chi connectivity index (χ1) is 9.31. The van der Waals surface area contributed by atoms with Crippen molar-refractivity contribution in [3.8, 4) is 11.5 Å². The minimum Gasteiger partial charge on any atom is -0.486 e. The average Bonchev–Trinajstić information content (AvgIpc) is 2.43. The fourth-order valence-corrected chi connectivity index (χ4v) is 2.72. The van der Waals surface area contributed by atoms with Crippen LogP contribution in [0.4, 0.5) is 0 Å². The summed E-state index contributed by atoms with van der Waals surface area (Å²) in [6.45, 7) is 6.58. The lowest BCUT2D eigenvalue weighted by molar-refractivity contribution is 0.171. The molecular formula is C14H18ClNO2S. The van der Waals surface area contributed by atoms with Gasteiger partial charge in [0.15, 0.2) is 11.5 Å². The zero-order valence-electron chi connectivity index (χ0n) is 10.8. The standard InChI is InChI=1S/C14H18ClNO2S/c1-2-6-19-7-3-16-10-11-8-12(15)14-13(9-11)17-4-5-18-14/h2,8-9,16H,1,3-7,10H2. The number of fused-ring (bicyclic) bond motifs is 1. The van der Waals surface area contributed by atoms with Gasteiger partial charge in [-0.25, -0.2) is 0 Å². The van der Waals surface area contributed by atoms with E-state index < -0.39 is 0 Å². The fourth-order valence-electron chi connectivity index (χ4n) is 1.81. The number of nitrogens with one attached hydrogen (secondary N) is 1. The van der Waals surface area contributed by atoms with Crippen molar-refractivity contribution in [1.82, 2.24) is 5.32 Å². The Morgan fingerprint density at radius 2 is 2.21 bits per heavy atom. The van der Waals surface area contributed by atoms with Gasteiger partial charge in [0, 0.05) is 24.6 Å². The molecule has 0 spiro atoms. The average molecular weight is 300 g/mol. The highest BCUT2D eigenvalue weighted by Gasteiger charge is 2.16. The van der Waals surface area contributed by atoms with Crippen molar-refractivity contribution in [3.05, 3.63) is 35.4 Å². The Hall–Kier alpha value is -0.840. The Labute approximate surface area is 123 Å². The maximum absolute atomic E-state index is 6.18. The Bertz CT molecular complexity index is 440. The van der Waals surface area contributed by atoms with E-state index in [4.69, 9.17) is 21.1 Å². The highest BCUT2D eigenvalue weighted by molar-refractivity contribution is 7.99. The van der Waals surface area contributed by atoms with Crippen LogP contribution in [0, 0.1) is 0 Å². The molecule has 1 N–H and O–H groups in total. The lowest BCUT2D eigenvalue weighted by Gasteiger charge is -2.20. The van der Waals surface area contributed by atoms with Gasteiger partial charge >= 0.3 is 0 Å². The Balaban J connectivity index is 1.84. The molecule has 0 radical (unpaired) electrons. The number of thioether (sulfide) groups is 1. The molecule has 104 valence electrons. The summed E-state index contributed by atoms with van der Waals surface area (Å²) in [7, 11) is 0. The number of hydrogen-bond acceptors (Lipinski definition) is 4. The van der Waals surface area contributed by atoms with Gasteiger partial charge in [0.2, 0.25) is 0 Å². The highest BCUT2D eigenvalue weighted by Crippen LogP contribution is 2.38. The summed E-state index contributed by atoms with van der Waals surface area (Å²) in [6.07, 6.45) is 1.92. The van der Waals surface area contributed by atoms with Crippen molar-refractivity contribution in [2.45, 2.75) is 6.54 Å². The third-order valence-electron chi connectivity index (χ3n) is 2.64. The van der Waals surface area contributed by atoms with Crippen molar-refractivity contribution in [1.29, 1.82) is 0 Å². The molecule has 1 aliphatic rings. The molecule has 0 aliphatic carbocycles. The van der Waals surface area contributed by atoms with Gasteiger partial charge in [-0.1, -0.05) is 17.7 Å². The minimum atomic E-state index is 0.560. The van der Waals surface area contributed by atoms with E-state index in [0.717, 1.165) is 35.9 Å². The molecular weight excluding hydrogens is 282 g/mol. The summed E-state index contributed by atoms with van der Waals surface area (Å²) in [5, 5.41) is 4.00. The molecule has 0 amide bonds. The number of benzene rings is 1. The van der Waals surface area contributed by atoms with E-state index in [2.05, 4.69) is 11.9 Å². The predicted molar refractivity (Wildman–Crippen MR) is 81.7 cm³/mol. The first-order valence-corrected chi connectivity index (χ1v) is 7.82. The highest BCUT2D eigenvalue weighted by atomic mass is 35.5. The molecule has 1 aliphatic heterocycles. The summed E-state index contributed by atoms with van der Waals surface area (Å²) in [6, 6.07) is 3.92. The minimum absolute atomic E-state index is 0.560.